The van der Waals surface area contributed by atoms with Crippen LogP contribution in [0.5, 0.6) is 0 Å². The van der Waals surface area contributed by atoms with Crippen LogP contribution in [0.15, 0.2) is 0 Å². The van der Waals surface area contributed by atoms with Gasteiger partial charge in [0.25, 0.3) is 0 Å². The summed E-state index contributed by atoms with van der Waals surface area (Å²) < 4.78 is 38.4. The first-order chi connectivity index (χ1) is 4.00. The summed E-state index contributed by atoms with van der Waals surface area (Å²) in [7, 11) is -4.64. The van der Waals surface area contributed by atoms with Crippen LogP contribution in [0.25, 0.3) is 0 Å². The summed E-state index contributed by atoms with van der Waals surface area (Å²) in [5, 5.41) is 0. The van der Waals surface area contributed by atoms with Gasteiger partial charge in [0, 0.05) is 0 Å². The van der Waals surface area contributed by atoms with E-state index in [0.717, 1.165) is 0 Å². The van der Waals surface area contributed by atoms with Crippen molar-refractivity contribution in [1.82, 2.24) is 0 Å². The number of rotatable bonds is 0. The zero-order valence-corrected chi connectivity index (χ0v) is 6.94. The predicted octanol–water partition coefficient (Wildman–Crippen LogP) is -4.46. The monoisotopic (exact) mass is 340 g/mol. The zero-order valence-electron chi connectivity index (χ0n) is 4.49. The maximum atomic E-state index is 8.88. The molecule has 0 aromatic rings. The molecule has 0 aromatic carbocycles. The van der Waals surface area contributed by atoms with Crippen LogP contribution in [0.4, 0.5) is 0 Å². The summed E-state index contributed by atoms with van der Waals surface area (Å²) in [5.74, 6) is 0. The van der Waals surface area contributed by atoms with E-state index in [9.17, 15) is 0 Å². The summed E-state index contributed by atoms with van der Waals surface area (Å²) in [6.07, 6.45) is 0. The van der Waals surface area contributed by atoms with Crippen molar-refractivity contribution in [2.24, 2.45) is 0 Å². The van der Waals surface area contributed by atoms with Gasteiger partial charge in [0.1, 0.15) is 0 Å². The first-order valence-corrected chi connectivity index (χ1v) is 6.04. The Kier molecular flexibility index (Phi) is 24.2. The van der Waals surface area contributed by atoms with Gasteiger partial charge in [-0.2, -0.15) is 0 Å². The summed E-state index contributed by atoms with van der Waals surface area (Å²) in [6, 6.07) is 0. The second-order valence-corrected chi connectivity index (χ2v) is 4.01. The molecule has 8 nitrogen and oxygen atoms in total. The average molecular weight is 340 g/mol. The van der Waals surface area contributed by atoms with Crippen LogP contribution in [0.2, 0.25) is 0 Å². The van der Waals surface area contributed by atoms with E-state index in [1.165, 1.54) is 0 Å². The van der Waals surface area contributed by atoms with E-state index in [2.05, 4.69) is 0 Å². The van der Waals surface area contributed by atoms with Gasteiger partial charge in [-0.25, -0.2) is 4.57 Å². The van der Waals surface area contributed by atoms with Crippen LogP contribution in [-0.2, 0) is 22.7 Å². The Labute approximate surface area is 165 Å². The van der Waals surface area contributed by atoms with Crippen molar-refractivity contribution in [3.63, 3.8) is 0 Å². The Morgan fingerprint density at radius 1 is 0.917 bits per heavy atom. The molecule has 12 heavy (non-hydrogen) atoms. The topological polar surface area (TPSA) is 159 Å². The molecule has 0 spiro atoms. The van der Waals surface area contributed by atoms with Crippen LogP contribution >= 0.6 is 7.82 Å². The van der Waals surface area contributed by atoms with Crippen LogP contribution < -0.4 is 0 Å². The van der Waals surface area contributed by atoms with Gasteiger partial charge in [0.15, 0.2) is 0 Å². The first kappa shape index (κ1) is 25.1. The molecule has 0 unspecified atom stereocenters. The third-order valence-corrected chi connectivity index (χ3v) is 0. The molecule has 0 radical (unpaired) electrons. The fourth-order valence-corrected chi connectivity index (χ4v) is 0. The van der Waals surface area contributed by atoms with Crippen molar-refractivity contribution in [2.75, 3.05) is 0 Å². The molecule has 0 amide bonds. The van der Waals surface area contributed by atoms with E-state index in [0.29, 0.717) is 0 Å². The van der Waals surface area contributed by atoms with Gasteiger partial charge >= 0.3 is 150 Å². The van der Waals surface area contributed by atoms with Gasteiger partial charge in [-0.05, 0) is 0 Å². The fourth-order valence-electron chi connectivity index (χ4n) is 0. The fraction of sp³-hybridized carbons (Fsp3) is 0. The molecular formula is H9KO8PRbTi. The van der Waals surface area contributed by atoms with Crippen LogP contribution in [-0.4, -0.2) is 139 Å². The quantitative estimate of drug-likeness (QED) is 0.172. The minimum absolute atomic E-state index is 0. The van der Waals surface area contributed by atoms with Crippen molar-refractivity contribution in [3.8, 4) is 0 Å². The molecule has 0 aliphatic heterocycles. The van der Waals surface area contributed by atoms with Crippen LogP contribution in [0.1, 0.15) is 0 Å². The maximum absolute atomic E-state index is 8.88. The molecule has 0 fully saturated rings. The normalized spacial score (nSPS) is 9.92. The Hall–Kier alpha value is 4.11. The molecule has 0 saturated carbocycles. The summed E-state index contributed by atoms with van der Waals surface area (Å²) in [4.78, 5) is 21.6. The standard InChI is InChI=1S/K.H3O4P.4H2O.Rb.Ti.2H/c;1-5(2,3)4;;;;;;;;/h;(H3,1,2,3,4);4*1H2;;;;/q;;;;;;;+4;;/p-4. The number of hydrogen-bond donors (Lipinski definition) is 7. The van der Waals surface area contributed by atoms with Crippen molar-refractivity contribution < 1.29 is 52.1 Å². The van der Waals surface area contributed by atoms with Crippen LogP contribution in [0, 0.1) is 0 Å². The molecular weight excluding hydrogens is 331 g/mol. The molecule has 68 valence electrons. The Balaban J connectivity index is -0.0000000457. The molecule has 0 atom stereocenters. The minimum atomic E-state index is -5.00. The van der Waals surface area contributed by atoms with Crippen molar-refractivity contribution in [3.05, 3.63) is 0 Å². The molecule has 0 bridgehead atoms. The Morgan fingerprint density at radius 2 is 0.917 bits per heavy atom. The number of hydrogen-bond acceptors (Lipinski definition) is 5. The van der Waals surface area contributed by atoms with E-state index in [1.807, 2.05) is 0 Å². The van der Waals surface area contributed by atoms with Gasteiger partial charge in [-0.3, -0.25) is 0 Å². The SMILES string of the molecule is O=P(O)(O)O.[KH].[OH][Ti]([OH])([OH])[OH].[RbH]. The third-order valence-electron chi connectivity index (χ3n) is 0. The van der Waals surface area contributed by atoms with Crippen molar-refractivity contribution >= 4 is 117 Å². The predicted molar refractivity (Wildman–Crippen MR) is 37.4 cm³/mol. The third kappa shape index (κ3) is 144. The summed E-state index contributed by atoms with van der Waals surface area (Å²) in [6.45, 7) is 0. The van der Waals surface area contributed by atoms with Crippen LogP contribution in [0.3, 0.4) is 0 Å². The molecule has 12 heteroatoms. The average Bonchev–Trinajstić information content (AvgIpc) is 1.12. The molecule has 0 heterocycles. The summed E-state index contributed by atoms with van der Waals surface area (Å²) in [5.41, 5.74) is 0. The second kappa shape index (κ2) is 11.6. The molecule has 7 N–H and O–H groups in total. The van der Waals surface area contributed by atoms with Gasteiger partial charge < -0.3 is 14.7 Å². The molecule has 0 aliphatic carbocycles. The van der Waals surface area contributed by atoms with Crippen molar-refractivity contribution in [2.45, 2.75) is 0 Å². The molecule has 0 aromatic heterocycles. The number of phosphoric acid groups is 1. The van der Waals surface area contributed by atoms with Gasteiger partial charge in [0.2, 0.25) is 0 Å². The van der Waals surface area contributed by atoms with E-state index < -0.39 is 26.0 Å². The molecule has 0 saturated heterocycles. The molecule has 0 aliphatic rings. The Morgan fingerprint density at radius 3 is 0.917 bits per heavy atom. The van der Waals surface area contributed by atoms with Gasteiger partial charge in [-0.15, -0.1) is 0 Å². The van der Waals surface area contributed by atoms with Gasteiger partial charge in [-0.1, -0.05) is 0 Å². The summed E-state index contributed by atoms with van der Waals surface area (Å²) >= 11 is -5.00. The zero-order chi connectivity index (χ0) is 9.00. The second-order valence-electron chi connectivity index (χ2n) is 1.11. The van der Waals surface area contributed by atoms with E-state index in [1.54, 1.807) is 0 Å². The van der Waals surface area contributed by atoms with Gasteiger partial charge in [0.05, 0.1) is 0 Å². The van der Waals surface area contributed by atoms with E-state index >= 15 is 0 Å². The molecule has 0 rings (SSSR count). The Bertz CT molecular complexity index is 111. The van der Waals surface area contributed by atoms with E-state index in [-0.39, 0.29) is 110 Å². The first-order valence-electron chi connectivity index (χ1n) is 1.68. The van der Waals surface area contributed by atoms with E-state index in [4.69, 9.17) is 34.0 Å². The van der Waals surface area contributed by atoms with Crippen molar-refractivity contribution in [1.29, 1.82) is 0 Å².